The fourth-order valence-corrected chi connectivity index (χ4v) is 3.35. The van der Waals surface area contributed by atoms with Gasteiger partial charge in [-0.3, -0.25) is 0 Å². The molecule has 2 aromatic carbocycles. The zero-order chi connectivity index (χ0) is 14.9. The minimum Gasteiger partial charge on any atom is -0.496 e. The van der Waals surface area contributed by atoms with Gasteiger partial charge in [0.25, 0.3) is 0 Å². The number of aryl methyl sites for hydroxylation is 1. The van der Waals surface area contributed by atoms with Crippen LogP contribution < -0.4 is 4.74 Å². The predicted molar refractivity (Wildman–Crippen MR) is 87.3 cm³/mol. The quantitative estimate of drug-likeness (QED) is 0.599. The standard InChI is InChI=1S/C16H15Br2FO/c1-9-5-4-6-11(10(9)2)16(18)12-7-13(17)14(19)8-15(12)20-3/h4-8,16H,1-3H3. The largest absolute Gasteiger partial charge is 0.496 e. The van der Waals surface area contributed by atoms with E-state index in [2.05, 4.69) is 57.8 Å². The van der Waals surface area contributed by atoms with Crippen LogP contribution in [0.15, 0.2) is 34.8 Å². The molecule has 2 aromatic rings. The Bertz CT molecular complexity index is 641. The Morgan fingerprint density at radius 1 is 1.15 bits per heavy atom. The molecule has 106 valence electrons. The van der Waals surface area contributed by atoms with E-state index in [0.717, 1.165) is 11.1 Å². The van der Waals surface area contributed by atoms with Crippen molar-refractivity contribution in [2.75, 3.05) is 7.11 Å². The number of benzene rings is 2. The molecule has 0 radical (unpaired) electrons. The fraction of sp³-hybridized carbons (Fsp3) is 0.250. The highest BCUT2D eigenvalue weighted by atomic mass is 79.9. The third-order valence-electron chi connectivity index (χ3n) is 3.47. The lowest BCUT2D eigenvalue weighted by molar-refractivity contribution is 0.406. The minimum atomic E-state index is -0.328. The molecule has 0 aromatic heterocycles. The van der Waals surface area contributed by atoms with E-state index < -0.39 is 0 Å². The van der Waals surface area contributed by atoms with E-state index in [9.17, 15) is 4.39 Å². The van der Waals surface area contributed by atoms with Gasteiger partial charge in [0.2, 0.25) is 0 Å². The minimum absolute atomic E-state index is 0.0470. The monoisotopic (exact) mass is 400 g/mol. The lowest BCUT2D eigenvalue weighted by Gasteiger charge is -2.18. The molecular formula is C16H15Br2FO. The smallest absolute Gasteiger partial charge is 0.141 e. The number of alkyl halides is 1. The Labute approximate surface area is 135 Å². The van der Waals surface area contributed by atoms with Crippen LogP contribution in [0.25, 0.3) is 0 Å². The van der Waals surface area contributed by atoms with Crippen LogP contribution in [-0.4, -0.2) is 7.11 Å². The summed E-state index contributed by atoms with van der Waals surface area (Å²) in [7, 11) is 1.55. The van der Waals surface area contributed by atoms with E-state index in [0.29, 0.717) is 10.2 Å². The Morgan fingerprint density at radius 2 is 1.85 bits per heavy atom. The van der Waals surface area contributed by atoms with Gasteiger partial charge in [-0.05, 0) is 52.5 Å². The van der Waals surface area contributed by atoms with Gasteiger partial charge in [0, 0.05) is 11.6 Å². The summed E-state index contributed by atoms with van der Waals surface area (Å²) >= 11 is 6.94. The van der Waals surface area contributed by atoms with Gasteiger partial charge in [-0.25, -0.2) is 4.39 Å². The van der Waals surface area contributed by atoms with Crippen LogP contribution in [0.3, 0.4) is 0 Å². The van der Waals surface area contributed by atoms with Crippen molar-refractivity contribution in [3.8, 4) is 5.75 Å². The molecule has 1 atom stereocenters. The summed E-state index contributed by atoms with van der Waals surface area (Å²) in [5, 5.41) is 0. The second-order valence-corrected chi connectivity index (χ2v) is 6.43. The van der Waals surface area contributed by atoms with Gasteiger partial charge >= 0.3 is 0 Å². The Hall–Kier alpha value is -0.870. The van der Waals surface area contributed by atoms with E-state index in [1.807, 2.05) is 6.07 Å². The van der Waals surface area contributed by atoms with Gasteiger partial charge < -0.3 is 4.74 Å². The third kappa shape index (κ3) is 2.91. The van der Waals surface area contributed by atoms with Gasteiger partial charge in [0.05, 0.1) is 16.4 Å². The molecule has 0 N–H and O–H groups in total. The highest BCUT2D eigenvalue weighted by molar-refractivity contribution is 9.10. The van der Waals surface area contributed by atoms with Crippen LogP contribution in [0.1, 0.15) is 27.1 Å². The van der Waals surface area contributed by atoms with Crippen molar-refractivity contribution >= 4 is 31.9 Å². The number of halogens is 3. The normalized spacial score (nSPS) is 12.3. The first-order valence-electron chi connectivity index (χ1n) is 6.18. The summed E-state index contributed by atoms with van der Waals surface area (Å²) in [6, 6.07) is 9.33. The molecule has 0 saturated heterocycles. The van der Waals surface area contributed by atoms with Crippen LogP contribution in [0.5, 0.6) is 5.75 Å². The number of ether oxygens (including phenoxy) is 1. The highest BCUT2D eigenvalue weighted by Gasteiger charge is 2.19. The average molecular weight is 402 g/mol. The maximum absolute atomic E-state index is 13.6. The zero-order valence-corrected chi connectivity index (χ0v) is 14.7. The van der Waals surface area contributed by atoms with Crippen LogP contribution in [0.4, 0.5) is 4.39 Å². The summed E-state index contributed by atoms with van der Waals surface area (Å²) in [6.45, 7) is 4.17. The first-order valence-corrected chi connectivity index (χ1v) is 7.89. The summed E-state index contributed by atoms with van der Waals surface area (Å²) in [5.74, 6) is 0.208. The van der Waals surface area contributed by atoms with Gasteiger partial charge in [-0.2, -0.15) is 0 Å². The van der Waals surface area contributed by atoms with Gasteiger partial charge in [0.15, 0.2) is 0 Å². The molecule has 0 fully saturated rings. The summed E-state index contributed by atoms with van der Waals surface area (Å²) in [5.41, 5.74) is 4.50. The van der Waals surface area contributed by atoms with Crippen LogP contribution in [0.2, 0.25) is 0 Å². The molecule has 0 aliphatic heterocycles. The van der Waals surface area contributed by atoms with Crippen molar-refractivity contribution in [3.05, 3.63) is 62.9 Å². The number of hydrogen-bond acceptors (Lipinski definition) is 1. The molecule has 0 aliphatic carbocycles. The van der Waals surface area contributed by atoms with Crippen molar-refractivity contribution in [3.63, 3.8) is 0 Å². The number of hydrogen-bond donors (Lipinski definition) is 0. The fourth-order valence-electron chi connectivity index (χ4n) is 2.13. The molecule has 0 bridgehead atoms. The molecule has 0 amide bonds. The molecule has 0 heterocycles. The van der Waals surface area contributed by atoms with Gasteiger partial charge in [-0.1, -0.05) is 34.1 Å². The molecule has 1 unspecified atom stereocenters. The molecule has 4 heteroatoms. The van der Waals surface area contributed by atoms with E-state index in [1.165, 1.54) is 17.2 Å². The summed E-state index contributed by atoms with van der Waals surface area (Å²) in [6.07, 6.45) is 0. The van der Waals surface area contributed by atoms with Crippen LogP contribution >= 0.6 is 31.9 Å². The van der Waals surface area contributed by atoms with Crippen LogP contribution in [0, 0.1) is 19.7 Å². The molecule has 20 heavy (non-hydrogen) atoms. The van der Waals surface area contributed by atoms with Crippen molar-refractivity contribution in [2.45, 2.75) is 18.7 Å². The predicted octanol–water partition coefficient (Wildman–Crippen LogP) is 5.70. The van der Waals surface area contributed by atoms with E-state index in [1.54, 1.807) is 13.2 Å². The maximum atomic E-state index is 13.6. The molecule has 0 aliphatic rings. The Balaban J connectivity index is 2.55. The summed E-state index contributed by atoms with van der Waals surface area (Å²) in [4.78, 5) is -0.0470. The second-order valence-electron chi connectivity index (χ2n) is 4.66. The molecule has 0 saturated carbocycles. The highest BCUT2D eigenvalue weighted by Crippen LogP contribution is 2.40. The lowest BCUT2D eigenvalue weighted by atomic mass is 9.97. The Kier molecular flexibility index (Phi) is 4.86. The van der Waals surface area contributed by atoms with Gasteiger partial charge in [0.1, 0.15) is 11.6 Å². The van der Waals surface area contributed by atoms with Crippen molar-refractivity contribution in [1.82, 2.24) is 0 Å². The van der Waals surface area contributed by atoms with Crippen molar-refractivity contribution in [1.29, 1.82) is 0 Å². The Morgan fingerprint density at radius 3 is 2.50 bits per heavy atom. The topological polar surface area (TPSA) is 9.23 Å². The average Bonchev–Trinajstić information content (AvgIpc) is 2.43. The molecule has 0 spiro atoms. The molecular weight excluding hydrogens is 387 g/mol. The van der Waals surface area contributed by atoms with Crippen molar-refractivity contribution in [2.24, 2.45) is 0 Å². The number of rotatable bonds is 3. The van der Waals surface area contributed by atoms with Gasteiger partial charge in [-0.15, -0.1) is 0 Å². The van der Waals surface area contributed by atoms with E-state index in [4.69, 9.17) is 4.74 Å². The summed E-state index contributed by atoms with van der Waals surface area (Å²) < 4.78 is 19.3. The maximum Gasteiger partial charge on any atom is 0.141 e. The first-order chi connectivity index (χ1) is 9.45. The van der Waals surface area contributed by atoms with Crippen LogP contribution in [-0.2, 0) is 0 Å². The second kappa shape index (κ2) is 6.27. The zero-order valence-electron chi connectivity index (χ0n) is 11.5. The molecule has 2 rings (SSSR count). The van der Waals surface area contributed by atoms with Crippen molar-refractivity contribution < 1.29 is 9.13 Å². The van der Waals surface area contributed by atoms with E-state index in [-0.39, 0.29) is 10.6 Å². The third-order valence-corrected chi connectivity index (χ3v) is 5.06. The lowest BCUT2D eigenvalue weighted by Crippen LogP contribution is -2.01. The van der Waals surface area contributed by atoms with E-state index >= 15 is 0 Å². The number of methoxy groups -OCH3 is 1. The molecule has 1 nitrogen and oxygen atoms in total. The SMILES string of the molecule is COc1cc(F)c(Br)cc1C(Br)c1cccc(C)c1C. The first kappa shape index (κ1) is 15.5.